The van der Waals surface area contributed by atoms with E-state index in [9.17, 15) is 0 Å². The molecule has 0 bridgehead atoms. The molecule has 0 aromatic carbocycles. The molecule has 4 heteroatoms. The molecule has 1 fully saturated rings. The minimum Gasteiger partial charge on any atom is -0.271 e. The molecule has 1 aromatic heterocycles. The maximum Gasteiger partial charge on any atom is 0.0635 e. The van der Waals surface area contributed by atoms with Gasteiger partial charge in [0.25, 0.3) is 0 Å². The molecule has 0 aliphatic heterocycles. The van der Waals surface area contributed by atoms with Crippen molar-refractivity contribution < 1.29 is 0 Å². The molecule has 1 aliphatic carbocycles. The quantitative estimate of drug-likeness (QED) is 0.560. The Morgan fingerprint density at radius 1 is 1.33 bits per heavy atom. The summed E-state index contributed by atoms with van der Waals surface area (Å²) in [6, 6.07) is 0. The van der Waals surface area contributed by atoms with Gasteiger partial charge in [-0.2, -0.15) is 5.10 Å². The van der Waals surface area contributed by atoms with Gasteiger partial charge in [0, 0.05) is 17.8 Å². The minimum absolute atomic E-state index is 0.603. The summed E-state index contributed by atoms with van der Waals surface area (Å²) in [7, 11) is 2.03. The zero-order chi connectivity index (χ0) is 10.8. The fraction of sp³-hybridized carbons (Fsp3) is 0.727. The van der Waals surface area contributed by atoms with Gasteiger partial charge in [-0.1, -0.05) is 35.2 Å². The SMILES string of the molecule is Cn1ncc(Br)c1C1CCCCCC1Br. The van der Waals surface area contributed by atoms with E-state index in [0.29, 0.717) is 10.7 Å². The Kier molecular flexibility index (Phi) is 3.88. The topological polar surface area (TPSA) is 17.8 Å². The van der Waals surface area contributed by atoms with Crippen LogP contribution < -0.4 is 0 Å². The molecule has 0 radical (unpaired) electrons. The Labute approximate surface area is 108 Å². The fourth-order valence-electron chi connectivity index (χ4n) is 2.41. The molecule has 0 amide bonds. The summed E-state index contributed by atoms with van der Waals surface area (Å²) in [5.74, 6) is 0.606. The lowest BCUT2D eigenvalue weighted by Crippen LogP contribution is -2.15. The predicted molar refractivity (Wildman–Crippen MR) is 69.4 cm³/mol. The Bertz CT molecular complexity index is 316. The molecule has 1 saturated carbocycles. The van der Waals surface area contributed by atoms with Crippen molar-refractivity contribution in [2.24, 2.45) is 7.05 Å². The highest BCUT2D eigenvalue weighted by Gasteiger charge is 2.27. The van der Waals surface area contributed by atoms with Crippen molar-refractivity contribution in [3.63, 3.8) is 0 Å². The number of alkyl halides is 1. The molecule has 2 unspecified atom stereocenters. The Hall–Kier alpha value is 0.170. The Balaban J connectivity index is 2.27. The first-order valence-corrected chi connectivity index (χ1v) is 7.22. The lowest BCUT2D eigenvalue weighted by Gasteiger charge is -2.20. The minimum atomic E-state index is 0.603. The smallest absolute Gasteiger partial charge is 0.0635 e. The van der Waals surface area contributed by atoms with Gasteiger partial charge in [-0.15, -0.1) is 0 Å². The molecule has 2 nitrogen and oxygen atoms in total. The summed E-state index contributed by atoms with van der Waals surface area (Å²) in [6.07, 6.45) is 8.51. The van der Waals surface area contributed by atoms with E-state index in [1.807, 2.05) is 17.9 Å². The second-order valence-electron chi connectivity index (χ2n) is 4.26. The van der Waals surface area contributed by atoms with Crippen molar-refractivity contribution in [3.8, 4) is 0 Å². The average molecular weight is 336 g/mol. The summed E-state index contributed by atoms with van der Waals surface area (Å²) in [5.41, 5.74) is 1.35. The monoisotopic (exact) mass is 334 g/mol. The van der Waals surface area contributed by atoms with E-state index in [2.05, 4.69) is 37.0 Å². The van der Waals surface area contributed by atoms with Crippen molar-refractivity contribution in [2.75, 3.05) is 0 Å². The molecule has 0 saturated heterocycles. The van der Waals surface area contributed by atoms with Gasteiger partial charge in [-0.3, -0.25) is 4.68 Å². The van der Waals surface area contributed by atoms with E-state index in [-0.39, 0.29) is 0 Å². The van der Waals surface area contributed by atoms with E-state index < -0.39 is 0 Å². The molecule has 0 spiro atoms. The van der Waals surface area contributed by atoms with Gasteiger partial charge in [0.1, 0.15) is 0 Å². The van der Waals surface area contributed by atoms with Crippen LogP contribution in [0.15, 0.2) is 10.7 Å². The van der Waals surface area contributed by atoms with Crippen LogP contribution in [-0.4, -0.2) is 14.6 Å². The van der Waals surface area contributed by atoms with Crippen LogP contribution >= 0.6 is 31.9 Å². The number of nitrogens with zero attached hydrogens (tertiary/aromatic N) is 2. The van der Waals surface area contributed by atoms with Gasteiger partial charge >= 0.3 is 0 Å². The first kappa shape index (κ1) is 11.6. The Morgan fingerprint density at radius 2 is 2.07 bits per heavy atom. The van der Waals surface area contributed by atoms with Crippen molar-refractivity contribution >= 4 is 31.9 Å². The molecule has 1 aliphatic rings. The first-order valence-electron chi connectivity index (χ1n) is 5.51. The lowest BCUT2D eigenvalue weighted by molar-refractivity contribution is 0.554. The normalized spacial score (nSPS) is 27.7. The molecular formula is C11H16Br2N2. The molecule has 84 valence electrons. The van der Waals surface area contributed by atoms with E-state index >= 15 is 0 Å². The second-order valence-corrected chi connectivity index (χ2v) is 6.29. The van der Waals surface area contributed by atoms with Crippen LogP contribution in [0.1, 0.15) is 43.7 Å². The molecule has 2 atom stereocenters. The highest BCUT2D eigenvalue weighted by atomic mass is 79.9. The van der Waals surface area contributed by atoms with Crippen LogP contribution in [0.5, 0.6) is 0 Å². The fourth-order valence-corrected chi connectivity index (χ4v) is 3.89. The third-order valence-electron chi connectivity index (χ3n) is 3.22. The van der Waals surface area contributed by atoms with Crippen LogP contribution in [0, 0.1) is 0 Å². The Morgan fingerprint density at radius 3 is 2.73 bits per heavy atom. The maximum absolute atomic E-state index is 4.31. The predicted octanol–water partition coefficient (Wildman–Crippen LogP) is 3.99. The summed E-state index contributed by atoms with van der Waals surface area (Å²) >= 11 is 7.43. The first-order chi connectivity index (χ1) is 7.20. The zero-order valence-corrected chi connectivity index (χ0v) is 12.1. The number of halogens is 2. The zero-order valence-electron chi connectivity index (χ0n) is 8.92. The highest BCUT2D eigenvalue weighted by Crippen LogP contribution is 2.38. The van der Waals surface area contributed by atoms with Gasteiger partial charge in [0.15, 0.2) is 0 Å². The van der Waals surface area contributed by atoms with Crippen LogP contribution in [0.3, 0.4) is 0 Å². The van der Waals surface area contributed by atoms with Crippen molar-refractivity contribution in [2.45, 2.75) is 42.8 Å². The highest BCUT2D eigenvalue weighted by molar-refractivity contribution is 9.10. The van der Waals surface area contributed by atoms with Crippen LogP contribution in [0.25, 0.3) is 0 Å². The molecule has 2 rings (SSSR count). The van der Waals surface area contributed by atoms with Crippen molar-refractivity contribution in [1.82, 2.24) is 9.78 Å². The van der Waals surface area contributed by atoms with Crippen LogP contribution in [-0.2, 0) is 7.05 Å². The summed E-state index contributed by atoms with van der Waals surface area (Å²) < 4.78 is 3.16. The van der Waals surface area contributed by atoms with E-state index in [4.69, 9.17) is 0 Å². The van der Waals surface area contributed by atoms with E-state index in [1.54, 1.807) is 0 Å². The van der Waals surface area contributed by atoms with Gasteiger partial charge in [-0.05, 0) is 28.8 Å². The summed E-state index contributed by atoms with van der Waals surface area (Å²) in [6.45, 7) is 0. The third-order valence-corrected chi connectivity index (χ3v) is 4.93. The largest absolute Gasteiger partial charge is 0.271 e. The van der Waals surface area contributed by atoms with Gasteiger partial charge in [0.05, 0.1) is 16.4 Å². The second kappa shape index (κ2) is 5.00. The number of aromatic nitrogens is 2. The van der Waals surface area contributed by atoms with Gasteiger partial charge < -0.3 is 0 Å². The van der Waals surface area contributed by atoms with Crippen LogP contribution in [0.2, 0.25) is 0 Å². The van der Waals surface area contributed by atoms with Crippen molar-refractivity contribution in [3.05, 3.63) is 16.4 Å². The molecule has 1 aromatic rings. The van der Waals surface area contributed by atoms with E-state index in [0.717, 1.165) is 4.47 Å². The van der Waals surface area contributed by atoms with Crippen LogP contribution in [0.4, 0.5) is 0 Å². The summed E-state index contributed by atoms with van der Waals surface area (Å²) in [4.78, 5) is 0.603. The lowest BCUT2D eigenvalue weighted by atomic mass is 9.96. The molecule has 15 heavy (non-hydrogen) atoms. The molecule has 1 heterocycles. The summed E-state index contributed by atoms with van der Waals surface area (Å²) in [5, 5.41) is 4.31. The van der Waals surface area contributed by atoms with Gasteiger partial charge in [0.2, 0.25) is 0 Å². The van der Waals surface area contributed by atoms with Crippen molar-refractivity contribution in [1.29, 1.82) is 0 Å². The number of hydrogen-bond donors (Lipinski definition) is 0. The standard InChI is InChI=1S/C11H16Br2N2/c1-15-11(10(13)7-14-15)8-5-3-2-4-6-9(8)12/h7-9H,2-6H2,1H3. The maximum atomic E-state index is 4.31. The average Bonchev–Trinajstić information content (AvgIpc) is 2.42. The van der Waals surface area contributed by atoms with E-state index in [1.165, 1.54) is 37.8 Å². The third kappa shape index (κ3) is 2.47. The number of hydrogen-bond acceptors (Lipinski definition) is 1. The number of aryl methyl sites for hydroxylation is 1. The molecule has 0 N–H and O–H groups in total. The number of rotatable bonds is 1. The van der Waals surface area contributed by atoms with Gasteiger partial charge in [-0.25, -0.2) is 0 Å². The molecular weight excluding hydrogens is 320 g/mol.